The van der Waals surface area contributed by atoms with Crippen LogP contribution < -0.4 is 0 Å². The second-order valence-electron chi connectivity index (χ2n) is 4.70. The van der Waals surface area contributed by atoms with E-state index in [1.54, 1.807) is 18.2 Å². The molecule has 1 aliphatic rings. The average Bonchev–Trinajstić information content (AvgIpc) is 2.73. The van der Waals surface area contributed by atoms with Crippen LogP contribution in [0.15, 0.2) is 36.0 Å². The molecule has 1 aromatic rings. The molecule has 1 N–H and O–H groups in total. The van der Waals surface area contributed by atoms with E-state index in [0.29, 0.717) is 5.69 Å². The summed E-state index contributed by atoms with van der Waals surface area (Å²) in [6.07, 6.45) is 1.48. The molecule has 0 radical (unpaired) electrons. The molecule has 2 heterocycles. The number of carbonyl (C=O) groups excluding carboxylic acids is 1. The number of aliphatic hydroxyl groups is 1. The van der Waals surface area contributed by atoms with E-state index in [4.69, 9.17) is 4.74 Å². The highest BCUT2D eigenvalue weighted by molar-refractivity contribution is 7.89. The Morgan fingerprint density at radius 2 is 2.10 bits per heavy atom. The molecule has 0 aliphatic carbocycles. The van der Waals surface area contributed by atoms with Gasteiger partial charge in [-0.15, -0.1) is 0 Å². The molecule has 0 amide bonds. The van der Waals surface area contributed by atoms with Crippen molar-refractivity contribution in [1.82, 2.24) is 9.29 Å². The van der Waals surface area contributed by atoms with Crippen molar-refractivity contribution in [2.24, 2.45) is 0 Å². The smallest absolute Gasteiger partial charge is 0.252 e. The Kier molecular flexibility index (Phi) is 3.66. The van der Waals surface area contributed by atoms with E-state index in [-0.39, 0.29) is 11.6 Å². The molecule has 1 atom stereocenters. The van der Waals surface area contributed by atoms with Crippen LogP contribution in [0.25, 0.3) is 0 Å². The van der Waals surface area contributed by atoms with Crippen LogP contribution in [0.3, 0.4) is 0 Å². The lowest BCUT2D eigenvalue weighted by molar-refractivity contribution is -0.132. The van der Waals surface area contributed by atoms with Crippen LogP contribution in [-0.2, 0) is 25.2 Å². The van der Waals surface area contributed by atoms with Gasteiger partial charge in [-0.2, -0.15) is 0 Å². The van der Waals surface area contributed by atoms with E-state index >= 15 is 0 Å². The Bertz CT molecular complexity index is 699. The van der Waals surface area contributed by atoms with Crippen LogP contribution in [0, 0.1) is 0 Å². The maximum absolute atomic E-state index is 12.3. The Hall–Kier alpha value is -2.09. The van der Waals surface area contributed by atoms with Crippen molar-refractivity contribution in [2.45, 2.75) is 19.4 Å². The molecule has 0 fully saturated rings. The fourth-order valence-electron chi connectivity index (χ4n) is 1.96. The highest BCUT2D eigenvalue weighted by atomic mass is 32.2. The monoisotopic (exact) mass is 312 g/mol. The number of hydrogen-bond acceptors (Lipinski definition) is 6. The number of carbonyl (C=O) groups is 1. The minimum absolute atomic E-state index is 0.182. The number of hydrogen-bond donors (Lipinski definition) is 1. The molecular formula is C13H16N2O5S. The Morgan fingerprint density at radius 1 is 1.43 bits per heavy atom. The third-order valence-electron chi connectivity index (χ3n) is 3.37. The first-order chi connectivity index (χ1) is 9.74. The molecule has 21 heavy (non-hydrogen) atoms. The van der Waals surface area contributed by atoms with Crippen molar-refractivity contribution < 1.29 is 23.1 Å². The first-order valence-corrected chi connectivity index (χ1v) is 7.90. The summed E-state index contributed by atoms with van der Waals surface area (Å²) in [6.45, 7) is 2.89. The summed E-state index contributed by atoms with van der Waals surface area (Å²) in [5.74, 6) is -2.01. The summed E-state index contributed by atoms with van der Waals surface area (Å²) >= 11 is 0. The van der Waals surface area contributed by atoms with E-state index in [9.17, 15) is 18.3 Å². The van der Waals surface area contributed by atoms with Crippen molar-refractivity contribution in [2.75, 3.05) is 12.8 Å². The Balaban J connectivity index is 2.44. The number of aliphatic hydroxyl groups excluding tert-OH is 1. The predicted molar refractivity (Wildman–Crippen MR) is 74.6 cm³/mol. The number of rotatable bonds is 4. The van der Waals surface area contributed by atoms with Gasteiger partial charge in [-0.1, -0.05) is 6.07 Å². The molecule has 1 aromatic heterocycles. The minimum atomic E-state index is -3.65. The molecular weight excluding hydrogens is 296 g/mol. The SMILES string of the molecule is CCS(=O)(=O)N(C)C1=C(O)C(=O)C(C)(c2ccccn2)O1. The second-order valence-corrected chi connectivity index (χ2v) is 6.99. The van der Waals surface area contributed by atoms with Gasteiger partial charge < -0.3 is 9.84 Å². The van der Waals surface area contributed by atoms with Crippen LogP contribution in [0.4, 0.5) is 0 Å². The lowest BCUT2D eigenvalue weighted by Gasteiger charge is -2.25. The molecule has 0 aromatic carbocycles. The number of sulfonamides is 1. The van der Waals surface area contributed by atoms with E-state index in [1.165, 1.54) is 27.1 Å². The topological polar surface area (TPSA) is 96.8 Å². The molecule has 0 spiro atoms. The van der Waals surface area contributed by atoms with Gasteiger partial charge in [0.25, 0.3) is 11.7 Å². The molecule has 8 heteroatoms. The van der Waals surface area contributed by atoms with E-state index in [0.717, 1.165) is 4.31 Å². The van der Waals surface area contributed by atoms with E-state index in [1.807, 2.05) is 0 Å². The summed E-state index contributed by atoms with van der Waals surface area (Å²) in [4.78, 5) is 16.3. The van der Waals surface area contributed by atoms with Gasteiger partial charge in [0.15, 0.2) is 0 Å². The number of aromatic nitrogens is 1. The fraction of sp³-hybridized carbons (Fsp3) is 0.385. The molecule has 1 aliphatic heterocycles. The normalized spacial score (nSPS) is 22.3. The largest absolute Gasteiger partial charge is 0.501 e. The molecule has 0 saturated carbocycles. The summed E-state index contributed by atoms with van der Waals surface area (Å²) in [7, 11) is -2.43. The van der Waals surface area contributed by atoms with Gasteiger partial charge in [-0.25, -0.2) is 12.7 Å². The van der Waals surface area contributed by atoms with Gasteiger partial charge >= 0.3 is 0 Å². The summed E-state index contributed by atoms with van der Waals surface area (Å²) in [6, 6.07) is 4.92. The third-order valence-corrected chi connectivity index (χ3v) is 5.10. The predicted octanol–water partition coefficient (Wildman–Crippen LogP) is 0.905. The van der Waals surface area contributed by atoms with Crippen LogP contribution in [0.1, 0.15) is 19.5 Å². The van der Waals surface area contributed by atoms with Crippen LogP contribution in [-0.4, -0.2) is 41.4 Å². The lowest BCUT2D eigenvalue weighted by Crippen LogP contribution is -2.34. The number of Topliss-reactive ketones (excluding diaryl/α,β-unsaturated/α-hetero) is 1. The first kappa shape index (κ1) is 15.3. The fourth-order valence-corrected chi connectivity index (χ4v) is 2.72. The molecule has 7 nitrogen and oxygen atoms in total. The summed E-state index contributed by atoms with van der Waals surface area (Å²) in [5.41, 5.74) is -1.25. The van der Waals surface area contributed by atoms with Crippen molar-refractivity contribution in [3.8, 4) is 0 Å². The second kappa shape index (κ2) is 5.03. The number of ether oxygens (including phenoxy) is 1. The highest BCUT2D eigenvalue weighted by Gasteiger charge is 2.51. The minimum Gasteiger partial charge on any atom is -0.501 e. The number of pyridine rings is 1. The highest BCUT2D eigenvalue weighted by Crippen LogP contribution is 2.38. The first-order valence-electron chi connectivity index (χ1n) is 6.29. The Morgan fingerprint density at radius 3 is 2.62 bits per heavy atom. The molecule has 0 saturated heterocycles. The van der Waals surface area contributed by atoms with Crippen LogP contribution >= 0.6 is 0 Å². The zero-order valence-corrected chi connectivity index (χ0v) is 12.7. The summed E-state index contributed by atoms with van der Waals surface area (Å²) < 4.78 is 30.0. The van der Waals surface area contributed by atoms with Gasteiger partial charge in [0, 0.05) is 13.2 Å². The maximum Gasteiger partial charge on any atom is 0.252 e. The van der Waals surface area contributed by atoms with Gasteiger partial charge in [0.1, 0.15) is 0 Å². The Labute approximate surface area is 122 Å². The van der Waals surface area contributed by atoms with Crippen LogP contribution in [0.2, 0.25) is 0 Å². The maximum atomic E-state index is 12.3. The van der Waals surface area contributed by atoms with Gasteiger partial charge in [-0.3, -0.25) is 9.78 Å². The zero-order chi connectivity index (χ0) is 15.8. The van der Waals surface area contributed by atoms with Gasteiger partial charge in [0.05, 0.1) is 11.4 Å². The molecule has 2 rings (SSSR count). The summed E-state index contributed by atoms with van der Waals surface area (Å²) in [5, 5.41) is 9.95. The van der Waals surface area contributed by atoms with Crippen molar-refractivity contribution >= 4 is 15.8 Å². The van der Waals surface area contributed by atoms with Crippen LogP contribution in [0.5, 0.6) is 0 Å². The van der Waals surface area contributed by atoms with E-state index in [2.05, 4.69) is 4.98 Å². The van der Waals surface area contributed by atoms with E-state index < -0.39 is 27.2 Å². The third kappa shape index (κ3) is 2.35. The lowest BCUT2D eigenvalue weighted by atomic mass is 9.96. The molecule has 1 unspecified atom stereocenters. The average molecular weight is 312 g/mol. The molecule has 0 bridgehead atoms. The number of nitrogens with zero attached hydrogens (tertiary/aromatic N) is 2. The quantitative estimate of drug-likeness (QED) is 0.887. The standard InChI is InChI=1S/C13H16N2O5S/c1-4-21(18,19)15(3)12-10(16)11(17)13(2,20-12)9-7-5-6-8-14-9/h5-8,16H,4H2,1-3H3. The van der Waals surface area contributed by atoms with Gasteiger partial charge in [0.2, 0.25) is 21.4 Å². The van der Waals surface area contributed by atoms with Crippen molar-refractivity contribution in [3.63, 3.8) is 0 Å². The van der Waals surface area contributed by atoms with Crippen molar-refractivity contribution in [1.29, 1.82) is 0 Å². The molecule has 114 valence electrons. The van der Waals surface area contributed by atoms with Crippen molar-refractivity contribution in [3.05, 3.63) is 41.7 Å². The number of ketones is 1. The van der Waals surface area contributed by atoms with Gasteiger partial charge in [-0.05, 0) is 26.0 Å². The zero-order valence-electron chi connectivity index (χ0n) is 11.9.